The van der Waals surface area contributed by atoms with Crippen LogP contribution >= 0.6 is 0 Å². The Hall–Kier alpha value is -1.66. The maximum atomic E-state index is 13.8. The summed E-state index contributed by atoms with van der Waals surface area (Å²) in [6.07, 6.45) is 0. The second kappa shape index (κ2) is 8.44. The van der Waals surface area contributed by atoms with Crippen molar-refractivity contribution < 1.29 is 13.9 Å². The topological polar surface area (TPSA) is 44.8 Å². The van der Waals surface area contributed by atoms with Crippen molar-refractivity contribution in [3.05, 3.63) is 29.6 Å². The van der Waals surface area contributed by atoms with Crippen molar-refractivity contribution in [3.63, 3.8) is 0 Å². The zero-order valence-electron chi connectivity index (χ0n) is 15.0. The molecule has 2 rings (SSSR count). The summed E-state index contributed by atoms with van der Waals surface area (Å²) in [5.41, 5.74) is 0.937. The molecule has 6 heteroatoms. The number of piperazine rings is 1. The van der Waals surface area contributed by atoms with Crippen LogP contribution in [0.15, 0.2) is 18.2 Å². The van der Waals surface area contributed by atoms with Gasteiger partial charge in [0.1, 0.15) is 0 Å². The van der Waals surface area contributed by atoms with Gasteiger partial charge in [0.25, 0.3) is 0 Å². The first-order chi connectivity index (χ1) is 11.4. The Labute approximate surface area is 143 Å². The van der Waals surface area contributed by atoms with Crippen LogP contribution in [0.2, 0.25) is 0 Å². The lowest BCUT2D eigenvalue weighted by molar-refractivity contribution is -0.127. The molecule has 1 heterocycles. The van der Waals surface area contributed by atoms with Gasteiger partial charge < -0.3 is 10.1 Å². The molecule has 5 nitrogen and oxygen atoms in total. The number of benzene rings is 1. The summed E-state index contributed by atoms with van der Waals surface area (Å²) in [5.74, 6) is 0.0249. The molecule has 0 bridgehead atoms. The fourth-order valence-electron chi connectivity index (χ4n) is 2.95. The van der Waals surface area contributed by atoms with E-state index in [1.54, 1.807) is 6.07 Å². The standard InChI is InChI=1S/C18H28FN3O2/c1-13(2)20-18(23)14(3)22-9-7-21(8-10-22)12-15-5-6-17(24-4)16(19)11-15/h5-6,11,13-14H,7-10,12H2,1-4H3,(H,20,23)/t14-/m1/s1. The van der Waals surface area contributed by atoms with E-state index in [1.165, 1.54) is 13.2 Å². The second-order valence-corrected chi connectivity index (χ2v) is 6.62. The molecular weight excluding hydrogens is 309 g/mol. The molecule has 24 heavy (non-hydrogen) atoms. The monoisotopic (exact) mass is 337 g/mol. The van der Waals surface area contributed by atoms with Crippen LogP contribution in [0.5, 0.6) is 5.75 Å². The fourth-order valence-corrected chi connectivity index (χ4v) is 2.95. The largest absolute Gasteiger partial charge is 0.494 e. The molecule has 1 atom stereocenters. The molecule has 1 fully saturated rings. The average Bonchev–Trinajstić information content (AvgIpc) is 2.54. The van der Waals surface area contributed by atoms with Gasteiger partial charge in [-0.1, -0.05) is 6.07 Å². The highest BCUT2D eigenvalue weighted by atomic mass is 19.1. The van der Waals surface area contributed by atoms with E-state index in [2.05, 4.69) is 15.1 Å². The Morgan fingerprint density at radius 2 is 1.92 bits per heavy atom. The smallest absolute Gasteiger partial charge is 0.237 e. The van der Waals surface area contributed by atoms with Gasteiger partial charge in [-0.3, -0.25) is 14.6 Å². The molecule has 1 N–H and O–H groups in total. The second-order valence-electron chi connectivity index (χ2n) is 6.62. The van der Waals surface area contributed by atoms with E-state index >= 15 is 0 Å². The Bertz CT molecular complexity index is 557. The van der Waals surface area contributed by atoms with E-state index in [4.69, 9.17) is 4.74 Å². The zero-order chi connectivity index (χ0) is 17.7. The van der Waals surface area contributed by atoms with E-state index in [0.29, 0.717) is 6.54 Å². The first-order valence-corrected chi connectivity index (χ1v) is 8.50. The van der Waals surface area contributed by atoms with Gasteiger partial charge in [0.05, 0.1) is 13.2 Å². The molecular formula is C18H28FN3O2. The molecule has 1 saturated heterocycles. The van der Waals surface area contributed by atoms with Gasteiger partial charge in [0.2, 0.25) is 5.91 Å². The predicted molar refractivity (Wildman–Crippen MR) is 92.5 cm³/mol. The van der Waals surface area contributed by atoms with Crippen molar-refractivity contribution in [2.75, 3.05) is 33.3 Å². The lowest BCUT2D eigenvalue weighted by Crippen LogP contribution is -2.54. The molecule has 0 radical (unpaired) electrons. The van der Waals surface area contributed by atoms with Crippen molar-refractivity contribution in [2.45, 2.75) is 39.4 Å². The third-order valence-electron chi connectivity index (χ3n) is 4.39. The fraction of sp³-hybridized carbons (Fsp3) is 0.611. The van der Waals surface area contributed by atoms with Gasteiger partial charge in [-0.25, -0.2) is 4.39 Å². The number of rotatable bonds is 6. The normalized spacial score (nSPS) is 17.8. The van der Waals surface area contributed by atoms with E-state index in [0.717, 1.165) is 31.7 Å². The number of hydrogen-bond acceptors (Lipinski definition) is 4. The van der Waals surface area contributed by atoms with Gasteiger partial charge in [-0.05, 0) is 38.5 Å². The molecule has 0 saturated carbocycles. The summed E-state index contributed by atoms with van der Waals surface area (Å²) >= 11 is 0. The van der Waals surface area contributed by atoms with Crippen molar-refractivity contribution in [2.24, 2.45) is 0 Å². The molecule has 1 aromatic carbocycles. The Balaban J connectivity index is 1.84. The molecule has 134 valence electrons. The van der Waals surface area contributed by atoms with Crippen LogP contribution in [-0.4, -0.2) is 61.1 Å². The minimum atomic E-state index is -0.326. The van der Waals surface area contributed by atoms with Gasteiger partial charge in [-0.2, -0.15) is 0 Å². The molecule has 0 unspecified atom stereocenters. The number of nitrogens with zero attached hydrogens (tertiary/aromatic N) is 2. The number of hydrogen-bond donors (Lipinski definition) is 1. The van der Waals surface area contributed by atoms with Crippen molar-refractivity contribution >= 4 is 5.91 Å². The molecule has 1 aromatic rings. The van der Waals surface area contributed by atoms with Crippen LogP contribution in [0.25, 0.3) is 0 Å². The summed E-state index contributed by atoms with van der Waals surface area (Å²) in [5, 5.41) is 2.96. The van der Waals surface area contributed by atoms with Gasteiger partial charge in [0.15, 0.2) is 11.6 Å². The number of carbonyl (C=O) groups is 1. The summed E-state index contributed by atoms with van der Waals surface area (Å²) in [6.45, 7) is 10.0. The number of halogens is 1. The Kier molecular flexibility index (Phi) is 6.57. The first-order valence-electron chi connectivity index (χ1n) is 8.50. The molecule has 0 spiro atoms. The number of amides is 1. The highest BCUT2D eigenvalue weighted by Crippen LogP contribution is 2.19. The average molecular weight is 337 g/mol. The van der Waals surface area contributed by atoms with Crippen LogP contribution in [0.3, 0.4) is 0 Å². The highest BCUT2D eigenvalue weighted by molar-refractivity contribution is 5.81. The lowest BCUT2D eigenvalue weighted by Gasteiger charge is -2.37. The Morgan fingerprint density at radius 3 is 2.46 bits per heavy atom. The van der Waals surface area contributed by atoms with Crippen molar-refractivity contribution in [1.29, 1.82) is 0 Å². The minimum Gasteiger partial charge on any atom is -0.494 e. The summed E-state index contributed by atoms with van der Waals surface area (Å²) in [4.78, 5) is 16.6. The minimum absolute atomic E-state index is 0.0793. The van der Waals surface area contributed by atoms with Crippen molar-refractivity contribution in [1.82, 2.24) is 15.1 Å². The third kappa shape index (κ3) is 4.92. The quantitative estimate of drug-likeness (QED) is 0.861. The SMILES string of the molecule is COc1ccc(CN2CCN([C@H](C)C(=O)NC(C)C)CC2)cc1F. The number of ether oxygens (including phenoxy) is 1. The van der Waals surface area contributed by atoms with E-state index in [1.807, 2.05) is 26.8 Å². The molecule has 0 aromatic heterocycles. The predicted octanol–water partition coefficient (Wildman–Crippen LogP) is 1.86. The van der Waals surface area contributed by atoms with Crippen molar-refractivity contribution in [3.8, 4) is 5.75 Å². The summed E-state index contributed by atoms with van der Waals surface area (Å²) in [7, 11) is 1.47. The molecule has 0 aliphatic carbocycles. The van der Waals surface area contributed by atoms with Gasteiger partial charge in [-0.15, -0.1) is 0 Å². The highest BCUT2D eigenvalue weighted by Gasteiger charge is 2.25. The van der Waals surface area contributed by atoms with Gasteiger partial charge in [0, 0.05) is 38.8 Å². The maximum absolute atomic E-state index is 13.8. The number of carbonyl (C=O) groups excluding carboxylic acids is 1. The molecule has 1 aliphatic rings. The van der Waals surface area contributed by atoms with Crippen LogP contribution in [0.4, 0.5) is 4.39 Å². The zero-order valence-corrected chi connectivity index (χ0v) is 15.0. The first kappa shape index (κ1) is 18.7. The maximum Gasteiger partial charge on any atom is 0.237 e. The van der Waals surface area contributed by atoms with Crippen LogP contribution in [0.1, 0.15) is 26.3 Å². The van der Waals surface area contributed by atoms with Crippen LogP contribution in [0, 0.1) is 5.82 Å². The Morgan fingerprint density at radius 1 is 1.25 bits per heavy atom. The third-order valence-corrected chi connectivity index (χ3v) is 4.39. The summed E-state index contributed by atoms with van der Waals surface area (Å²) < 4.78 is 18.7. The molecule has 1 aliphatic heterocycles. The number of nitrogens with one attached hydrogen (secondary N) is 1. The van der Waals surface area contributed by atoms with Gasteiger partial charge >= 0.3 is 0 Å². The van der Waals surface area contributed by atoms with Crippen LogP contribution < -0.4 is 10.1 Å². The van der Waals surface area contributed by atoms with Crippen LogP contribution in [-0.2, 0) is 11.3 Å². The molecule has 1 amide bonds. The summed E-state index contributed by atoms with van der Waals surface area (Å²) in [6, 6.07) is 5.13. The lowest BCUT2D eigenvalue weighted by atomic mass is 10.1. The number of methoxy groups -OCH3 is 1. The van der Waals surface area contributed by atoms with E-state index < -0.39 is 0 Å². The van der Waals surface area contributed by atoms with E-state index in [-0.39, 0.29) is 29.6 Å². The van der Waals surface area contributed by atoms with E-state index in [9.17, 15) is 9.18 Å².